The molecule has 0 spiro atoms. The molecule has 4 nitrogen and oxygen atoms in total. The number of carbonyl (C=O) groups is 2. The third kappa shape index (κ3) is 1.84. The molecule has 1 aliphatic carbocycles. The summed E-state index contributed by atoms with van der Waals surface area (Å²) in [7, 11) is 0. The van der Waals surface area contributed by atoms with E-state index >= 15 is 0 Å². The van der Waals surface area contributed by atoms with Gasteiger partial charge in [-0.2, -0.15) is 0 Å². The summed E-state index contributed by atoms with van der Waals surface area (Å²) in [6.45, 7) is 3.54. The average molecular weight is 258 g/mol. The highest BCUT2D eigenvalue weighted by molar-refractivity contribution is 6.17. The number of Topliss-reactive ketones (excluding diaryl/α,β-unsaturated/α-hetero) is 2. The molecule has 0 amide bonds. The molecule has 3 rings (SSSR count). The number of carbonyl (C=O) groups excluding carboxylic acids is 2. The predicted octanol–water partition coefficient (Wildman–Crippen LogP) is 3.12. The lowest BCUT2D eigenvalue weighted by Crippen LogP contribution is -2.29. The molecule has 0 fully saturated rings. The van der Waals surface area contributed by atoms with Crippen molar-refractivity contribution in [1.82, 2.24) is 0 Å². The van der Waals surface area contributed by atoms with E-state index in [9.17, 15) is 9.59 Å². The molecule has 1 aliphatic rings. The first-order valence-electron chi connectivity index (χ1n) is 6.29. The molecule has 0 N–H and O–H groups in total. The molecule has 0 saturated heterocycles. The zero-order valence-corrected chi connectivity index (χ0v) is 10.9. The van der Waals surface area contributed by atoms with Crippen molar-refractivity contribution >= 4 is 11.6 Å². The van der Waals surface area contributed by atoms with Crippen LogP contribution in [0.3, 0.4) is 0 Å². The Morgan fingerprint density at radius 3 is 2.84 bits per heavy atom. The van der Waals surface area contributed by atoms with Crippen molar-refractivity contribution in [3.05, 3.63) is 46.8 Å². The number of hydrogen-bond donors (Lipinski definition) is 0. The van der Waals surface area contributed by atoms with Crippen LogP contribution in [0.1, 0.15) is 44.4 Å². The number of ketones is 2. The van der Waals surface area contributed by atoms with Crippen molar-refractivity contribution < 1.29 is 18.4 Å². The lowest BCUT2D eigenvalue weighted by atomic mass is 9.82. The summed E-state index contributed by atoms with van der Waals surface area (Å²) < 4.78 is 10.6. The summed E-state index contributed by atoms with van der Waals surface area (Å²) in [5.41, 5.74) is 1.06. The number of aryl methyl sites for hydroxylation is 3. The van der Waals surface area contributed by atoms with Gasteiger partial charge in [0.15, 0.2) is 11.6 Å². The van der Waals surface area contributed by atoms with Gasteiger partial charge in [-0.25, -0.2) is 0 Å². The maximum Gasteiger partial charge on any atom is 0.177 e. The molecule has 0 bridgehead atoms. The second-order valence-corrected chi connectivity index (χ2v) is 4.90. The molecule has 0 radical (unpaired) electrons. The number of furan rings is 2. The third-order valence-electron chi connectivity index (χ3n) is 3.61. The largest absolute Gasteiger partial charge is 0.469 e. The molecule has 98 valence electrons. The molecule has 2 heterocycles. The van der Waals surface area contributed by atoms with Crippen molar-refractivity contribution in [2.75, 3.05) is 0 Å². The van der Waals surface area contributed by atoms with Crippen LogP contribution in [0.4, 0.5) is 0 Å². The van der Waals surface area contributed by atoms with Gasteiger partial charge in [-0.15, -0.1) is 0 Å². The maximum absolute atomic E-state index is 12.5. The van der Waals surface area contributed by atoms with Gasteiger partial charge in [-0.05, 0) is 32.4 Å². The van der Waals surface area contributed by atoms with E-state index in [1.54, 1.807) is 26.0 Å². The molecule has 0 aromatic carbocycles. The molecular weight excluding hydrogens is 244 g/mol. The van der Waals surface area contributed by atoms with Crippen molar-refractivity contribution in [2.45, 2.75) is 26.7 Å². The van der Waals surface area contributed by atoms with Crippen molar-refractivity contribution in [3.8, 4) is 0 Å². The first-order chi connectivity index (χ1) is 9.08. The molecule has 2 aromatic rings. The highest BCUT2D eigenvalue weighted by Crippen LogP contribution is 2.30. The van der Waals surface area contributed by atoms with E-state index in [0.29, 0.717) is 41.2 Å². The molecule has 0 saturated carbocycles. The van der Waals surface area contributed by atoms with Crippen LogP contribution in [0.25, 0.3) is 0 Å². The third-order valence-corrected chi connectivity index (χ3v) is 3.61. The molecule has 2 aromatic heterocycles. The number of hydrogen-bond acceptors (Lipinski definition) is 4. The fourth-order valence-electron chi connectivity index (χ4n) is 2.66. The maximum atomic E-state index is 12.5. The number of fused-ring (bicyclic) bond motifs is 1. The van der Waals surface area contributed by atoms with Crippen LogP contribution in [0, 0.1) is 19.8 Å². The Morgan fingerprint density at radius 2 is 2.16 bits per heavy atom. The minimum absolute atomic E-state index is 0.141. The molecular formula is C15H14O4. The summed E-state index contributed by atoms with van der Waals surface area (Å²) in [5, 5.41) is 0. The highest BCUT2D eigenvalue weighted by atomic mass is 16.3. The van der Waals surface area contributed by atoms with E-state index in [1.807, 2.05) is 0 Å². The quantitative estimate of drug-likeness (QED) is 0.613. The molecule has 4 heteroatoms. The Balaban J connectivity index is 1.94. The van der Waals surface area contributed by atoms with Gasteiger partial charge in [-0.1, -0.05) is 0 Å². The van der Waals surface area contributed by atoms with Crippen LogP contribution < -0.4 is 0 Å². The predicted molar refractivity (Wildman–Crippen MR) is 67.4 cm³/mol. The summed E-state index contributed by atoms with van der Waals surface area (Å²) in [4.78, 5) is 24.8. The number of rotatable bonds is 2. The normalized spacial score (nSPS) is 18.4. The zero-order valence-electron chi connectivity index (χ0n) is 10.9. The van der Waals surface area contributed by atoms with Crippen molar-refractivity contribution in [1.29, 1.82) is 0 Å². The summed E-state index contributed by atoms with van der Waals surface area (Å²) in [5.74, 6) is 1.06. The first kappa shape index (κ1) is 12.0. The van der Waals surface area contributed by atoms with E-state index in [0.717, 1.165) is 0 Å². The van der Waals surface area contributed by atoms with Crippen LogP contribution >= 0.6 is 0 Å². The molecule has 1 atom stereocenters. The fourth-order valence-corrected chi connectivity index (χ4v) is 2.66. The minimum Gasteiger partial charge on any atom is -0.469 e. The Morgan fingerprint density at radius 1 is 1.37 bits per heavy atom. The van der Waals surface area contributed by atoms with Crippen LogP contribution in [-0.4, -0.2) is 11.6 Å². The van der Waals surface area contributed by atoms with Gasteiger partial charge < -0.3 is 8.83 Å². The van der Waals surface area contributed by atoms with Crippen LogP contribution in [0.5, 0.6) is 0 Å². The van der Waals surface area contributed by atoms with E-state index in [1.165, 1.54) is 6.26 Å². The van der Waals surface area contributed by atoms with Crippen LogP contribution in [0.15, 0.2) is 27.2 Å². The highest BCUT2D eigenvalue weighted by Gasteiger charge is 2.35. The van der Waals surface area contributed by atoms with E-state index in [2.05, 4.69) is 0 Å². The van der Waals surface area contributed by atoms with Crippen molar-refractivity contribution in [3.63, 3.8) is 0 Å². The molecule has 19 heavy (non-hydrogen) atoms. The van der Waals surface area contributed by atoms with Gasteiger partial charge in [0.25, 0.3) is 0 Å². The molecule has 0 aliphatic heterocycles. The Labute approximate surface area is 110 Å². The summed E-state index contributed by atoms with van der Waals surface area (Å²) in [6.07, 6.45) is 2.63. The van der Waals surface area contributed by atoms with Crippen LogP contribution in [0.2, 0.25) is 0 Å². The summed E-state index contributed by atoms with van der Waals surface area (Å²) >= 11 is 0. The average Bonchev–Trinajstić information content (AvgIpc) is 2.96. The van der Waals surface area contributed by atoms with E-state index in [4.69, 9.17) is 8.83 Å². The summed E-state index contributed by atoms with van der Waals surface area (Å²) in [6, 6.07) is 3.35. The van der Waals surface area contributed by atoms with Gasteiger partial charge >= 0.3 is 0 Å². The Kier molecular flexibility index (Phi) is 2.66. The first-order valence-corrected chi connectivity index (χ1v) is 6.29. The van der Waals surface area contributed by atoms with Gasteiger partial charge in [0, 0.05) is 6.42 Å². The SMILES string of the molecule is Cc1cc(C(=O)C2CCc3occc3C2=O)c(C)o1. The monoisotopic (exact) mass is 258 g/mol. The second kappa shape index (κ2) is 4.23. The van der Waals surface area contributed by atoms with Gasteiger partial charge in [0.05, 0.1) is 23.3 Å². The van der Waals surface area contributed by atoms with Gasteiger partial charge in [-0.3, -0.25) is 9.59 Å². The lowest BCUT2D eigenvalue weighted by molar-refractivity contribution is 0.0786. The Bertz CT molecular complexity index is 659. The van der Waals surface area contributed by atoms with Crippen molar-refractivity contribution in [2.24, 2.45) is 5.92 Å². The molecule has 1 unspecified atom stereocenters. The zero-order chi connectivity index (χ0) is 13.6. The van der Waals surface area contributed by atoms with Crippen LogP contribution in [-0.2, 0) is 6.42 Å². The smallest absolute Gasteiger partial charge is 0.177 e. The van der Waals surface area contributed by atoms with Gasteiger partial charge in [0.2, 0.25) is 0 Å². The fraction of sp³-hybridized carbons (Fsp3) is 0.333. The minimum atomic E-state index is -0.610. The Hall–Kier alpha value is -2.10. The van der Waals surface area contributed by atoms with Gasteiger partial charge in [0.1, 0.15) is 17.3 Å². The van der Waals surface area contributed by atoms with E-state index in [-0.39, 0.29) is 11.6 Å². The topological polar surface area (TPSA) is 60.4 Å². The lowest BCUT2D eigenvalue weighted by Gasteiger charge is -2.18. The second-order valence-electron chi connectivity index (χ2n) is 4.90. The van der Waals surface area contributed by atoms with E-state index < -0.39 is 5.92 Å². The standard InChI is InChI=1S/C15H14O4/c1-8-7-12(9(2)19-8)15(17)11-3-4-13-10(14(11)16)5-6-18-13/h5-7,11H,3-4H2,1-2H3.